The van der Waals surface area contributed by atoms with E-state index in [1.165, 1.54) is 5.56 Å². The average Bonchev–Trinajstić information content (AvgIpc) is 2.33. The summed E-state index contributed by atoms with van der Waals surface area (Å²) in [6, 6.07) is 14.2. The molecule has 0 aliphatic rings. The van der Waals surface area contributed by atoms with Gasteiger partial charge in [-0.3, -0.25) is 0 Å². The van der Waals surface area contributed by atoms with E-state index in [9.17, 15) is 0 Å². The van der Waals surface area contributed by atoms with Crippen molar-refractivity contribution >= 4 is 5.70 Å². The van der Waals surface area contributed by atoms with Crippen molar-refractivity contribution in [1.29, 1.82) is 0 Å². The van der Waals surface area contributed by atoms with Crippen molar-refractivity contribution in [2.45, 2.75) is 6.92 Å². The van der Waals surface area contributed by atoms with Gasteiger partial charge in [-0.1, -0.05) is 42.5 Å². The van der Waals surface area contributed by atoms with Gasteiger partial charge in [0.2, 0.25) is 0 Å². The fraction of sp³-hybridized carbons (Fsp3) is 0.133. The minimum Gasteiger partial charge on any atom is -0.336 e. The molecule has 0 unspecified atom stereocenters. The van der Waals surface area contributed by atoms with E-state index in [1.807, 2.05) is 48.1 Å². The summed E-state index contributed by atoms with van der Waals surface area (Å²) in [7, 11) is 1.97. The van der Waals surface area contributed by atoms with Crippen LogP contribution in [0.5, 0.6) is 0 Å². The first-order valence-electron chi connectivity index (χ1n) is 5.59. The second kappa shape index (κ2) is 4.83. The number of rotatable bonds is 2. The lowest BCUT2D eigenvalue weighted by Gasteiger charge is -2.02. The Morgan fingerprint density at radius 1 is 1.12 bits per heavy atom. The van der Waals surface area contributed by atoms with Gasteiger partial charge in [0.15, 0.2) is 0 Å². The van der Waals surface area contributed by atoms with Crippen LogP contribution in [0.15, 0.2) is 60.2 Å². The summed E-state index contributed by atoms with van der Waals surface area (Å²) < 4.78 is 1.97. The topological polar surface area (TPSA) is 17.3 Å². The van der Waals surface area contributed by atoms with Crippen LogP contribution in [0.25, 0.3) is 5.70 Å². The average molecular weight is 224 g/mol. The molecule has 17 heavy (non-hydrogen) atoms. The molecule has 0 amide bonds. The van der Waals surface area contributed by atoms with Crippen molar-refractivity contribution in [3.63, 3.8) is 0 Å². The van der Waals surface area contributed by atoms with Crippen LogP contribution in [0.1, 0.15) is 11.1 Å². The Bertz CT molecular complexity index is 589. The van der Waals surface area contributed by atoms with Crippen LogP contribution in [-0.2, 0) is 7.05 Å². The summed E-state index contributed by atoms with van der Waals surface area (Å²) in [4.78, 5) is 4.53. The van der Waals surface area contributed by atoms with Gasteiger partial charge in [-0.05, 0) is 24.6 Å². The lowest BCUT2D eigenvalue weighted by atomic mass is 10.1. The molecule has 1 aromatic heterocycles. The van der Waals surface area contributed by atoms with Gasteiger partial charge in [-0.15, -0.1) is 0 Å². The molecule has 0 spiro atoms. The highest BCUT2D eigenvalue weighted by molar-refractivity contribution is 5.62. The normalized spacial score (nSPS) is 11.5. The first-order valence-corrected chi connectivity index (χ1v) is 5.59. The number of benzene rings is 1. The van der Waals surface area contributed by atoms with E-state index >= 15 is 0 Å². The van der Waals surface area contributed by atoms with E-state index in [0.29, 0.717) is 0 Å². The highest BCUT2D eigenvalue weighted by Gasteiger charge is 1.96. The van der Waals surface area contributed by atoms with E-state index in [0.717, 1.165) is 16.7 Å². The van der Waals surface area contributed by atoms with Crippen molar-refractivity contribution in [1.82, 2.24) is 4.57 Å². The molecule has 2 rings (SSSR count). The summed E-state index contributed by atoms with van der Waals surface area (Å²) in [5.74, 6) is 0. The molecule has 0 saturated carbocycles. The Morgan fingerprint density at radius 2 is 1.82 bits per heavy atom. The minimum atomic E-state index is 0.784. The van der Waals surface area contributed by atoms with E-state index < -0.39 is 0 Å². The van der Waals surface area contributed by atoms with Crippen LogP contribution in [0, 0.1) is 6.92 Å². The number of aromatic nitrogens is 1. The summed E-state index contributed by atoms with van der Waals surface area (Å²) in [5, 5.41) is 0. The lowest BCUT2D eigenvalue weighted by molar-refractivity contribution is 0.836. The molecule has 0 aliphatic heterocycles. The predicted octanol–water partition coefficient (Wildman–Crippen LogP) is 2.91. The SMILES string of the molecule is C=C(N=c1ccccn1C)c1ccc(C)cc1. The zero-order valence-electron chi connectivity index (χ0n) is 10.2. The van der Waals surface area contributed by atoms with Crippen LogP contribution in [-0.4, -0.2) is 4.57 Å². The molecular formula is C15H16N2. The maximum Gasteiger partial charge on any atom is 0.132 e. The fourth-order valence-corrected chi connectivity index (χ4v) is 1.58. The van der Waals surface area contributed by atoms with Crippen LogP contribution < -0.4 is 5.49 Å². The molecule has 0 N–H and O–H groups in total. The fourth-order valence-electron chi connectivity index (χ4n) is 1.58. The predicted molar refractivity (Wildman–Crippen MR) is 71.2 cm³/mol. The molecule has 2 heteroatoms. The van der Waals surface area contributed by atoms with E-state index in [2.05, 4.69) is 30.6 Å². The monoisotopic (exact) mass is 224 g/mol. The molecule has 1 aromatic carbocycles. The molecule has 0 aliphatic carbocycles. The van der Waals surface area contributed by atoms with Crippen LogP contribution in [0.3, 0.4) is 0 Å². The van der Waals surface area contributed by atoms with Gasteiger partial charge in [-0.2, -0.15) is 0 Å². The molecule has 1 heterocycles. The number of hydrogen-bond acceptors (Lipinski definition) is 1. The van der Waals surface area contributed by atoms with E-state index in [1.54, 1.807) is 0 Å². The molecule has 2 nitrogen and oxygen atoms in total. The largest absolute Gasteiger partial charge is 0.336 e. The van der Waals surface area contributed by atoms with Crippen LogP contribution in [0.4, 0.5) is 0 Å². The summed E-state index contributed by atoms with van der Waals surface area (Å²) in [6.45, 7) is 6.08. The minimum absolute atomic E-state index is 0.784. The first-order chi connectivity index (χ1) is 8.16. The molecule has 0 bridgehead atoms. The second-order valence-corrected chi connectivity index (χ2v) is 4.09. The van der Waals surface area contributed by atoms with Gasteiger partial charge in [0.25, 0.3) is 0 Å². The summed E-state index contributed by atoms with van der Waals surface area (Å²) in [5.41, 5.74) is 3.98. The zero-order chi connectivity index (χ0) is 12.3. The lowest BCUT2D eigenvalue weighted by Crippen LogP contribution is -2.15. The Kier molecular flexibility index (Phi) is 3.24. The standard InChI is InChI=1S/C15H16N2/c1-12-7-9-14(10-8-12)13(2)16-15-6-4-5-11-17(15)3/h4-11H,2H2,1,3H3. The van der Waals surface area contributed by atoms with Crippen molar-refractivity contribution < 1.29 is 0 Å². The zero-order valence-corrected chi connectivity index (χ0v) is 10.2. The van der Waals surface area contributed by atoms with E-state index in [4.69, 9.17) is 0 Å². The van der Waals surface area contributed by atoms with Gasteiger partial charge in [-0.25, -0.2) is 4.99 Å². The maximum absolute atomic E-state index is 4.53. The third-order valence-corrected chi connectivity index (χ3v) is 2.66. The Balaban J connectivity index is 2.37. The van der Waals surface area contributed by atoms with Gasteiger partial charge in [0.05, 0.1) is 5.70 Å². The molecule has 86 valence electrons. The number of aryl methyl sites for hydroxylation is 2. The van der Waals surface area contributed by atoms with Crippen LogP contribution in [0.2, 0.25) is 0 Å². The molecule has 0 atom stereocenters. The first kappa shape index (κ1) is 11.4. The van der Waals surface area contributed by atoms with Gasteiger partial charge >= 0.3 is 0 Å². The van der Waals surface area contributed by atoms with Gasteiger partial charge in [0, 0.05) is 13.2 Å². The third-order valence-electron chi connectivity index (χ3n) is 2.66. The molecular weight excluding hydrogens is 208 g/mol. The Hall–Kier alpha value is -2.09. The number of pyridine rings is 1. The van der Waals surface area contributed by atoms with Crippen molar-refractivity contribution in [2.75, 3.05) is 0 Å². The summed E-state index contributed by atoms with van der Waals surface area (Å²) in [6.07, 6.45) is 1.97. The molecule has 0 saturated heterocycles. The molecule has 2 aromatic rings. The van der Waals surface area contributed by atoms with E-state index in [-0.39, 0.29) is 0 Å². The molecule has 0 fully saturated rings. The Morgan fingerprint density at radius 3 is 2.47 bits per heavy atom. The Labute approximate surface area is 102 Å². The highest BCUT2D eigenvalue weighted by Crippen LogP contribution is 2.13. The quantitative estimate of drug-likeness (QED) is 0.746. The van der Waals surface area contributed by atoms with Gasteiger partial charge in [0.1, 0.15) is 5.49 Å². The van der Waals surface area contributed by atoms with Crippen LogP contribution >= 0.6 is 0 Å². The second-order valence-electron chi connectivity index (χ2n) is 4.09. The number of hydrogen-bond donors (Lipinski definition) is 0. The smallest absolute Gasteiger partial charge is 0.132 e. The number of nitrogens with zero attached hydrogens (tertiary/aromatic N) is 2. The third kappa shape index (κ3) is 2.72. The van der Waals surface area contributed by atoms with Crippen molar-refractivity contribution in [3.8, 4) is 0 Å². The maximum atomic E-state index is 4.53. The van der Waals surface area contributed by atoms with Gasteiger partial charge < -0.3 is 4.57 Å². The van der Waals surface area contributed by atoms with Crippen molar-refractivity contribution in [2.24, 2.45) is 12.0 Å². The molecule has 0 radical (unpaired) electrons. The van der Waals surface area contributed by atoms with Crippen molar-refractivity contribution in [3.05, 3.63) is 71.9 Å². The summed E-state index contributed by atoms with van der Waals surface area (Å²) >= 11 is 0. The highest BCUT2D eigenvalue weighted by atomic mass is 15.0.